The van der Waals surface area contributed by atoms with Crippen LogP contribution in [0.2, 0.25) is 0 Å². The molecule has 1 heterocycles. The van der Waals surface area contributed by atoms with Crippen molar-refractivity contribution in [1.29, 1.82) is 0 Å². The zero-order chi connectivity index (χ0) is 19.9. The van der Waals surface area contributed by atoms with Gasteiger partial charge in [0, 0.05) is 20.5 Å². The molecule has 0 aliphatic carbocycles. The van der Waals surface area contributed by atoms with Gasteiger partial charge in [-0.1, -0.05) is 0 Å². The Labute approximate surface area is 150 Å². The lowest BCUT2D eigenvalue weighted by atomic mass is 9.90. The van der Waals surface area contributed by atoms with Crippen LogP contribution in [0, 0.1) is 6.92 Å². The Balaban J connectivity index is 3.48. The van der Waals surface area contributed by atoms with Crippen LogP contribution in [0.5, 0.6) is 0 Å². The van der Waals surface area contributed by atoms with Crippen LogP contribution in [0.4, 0.5) is 0 Å². The second kappa shape index (κ2) is 9.18. The minimum absolute atomic E-state index is 0.0249. The fourth-order valence-corrected chi connectivity index (χ4v) is 2.41. The topological polar surface area (TPSA) is 126 Å². The highest BCUT2D eigenvalue weighted by Crippen LogP contribution is 2.20. The van der Waals surface area contributed by atoms with Crippen molar-refractivity contribution in [2.45, 2.75) is 46.4 Å². The number of methoxy groups -OCH3 is 1. The van der Waals surface area contributed by atoms with Crippen molar-refractivity contribution in [2.24, 2.45) is 0 Å². The molecule has 26 heavy (non-hydrogen) atoms. The van der Waals surface area contributed by atoms with E-state index in [9.17, 15) is 19.2 Å². The number of amides is 1. The molecule has 0 spiro atoms. The number of esters is 2. The van der Waals surface area contributed by atoms with Gasteiger partial charge in [-0.2, -0.15) is 0 Å². The Morgan fingerprint density at radius 2 is 1.69 bits per heavy atom. The molecular weight excluding hydrogens is 348 g/mol. The summed E-state index contributed by atoms with van der Waals surface area (Å²) in [5.74, 6) is -2.53. The van der Waals surface area contributed by atoms with E-state index in [-0.39, 0.29) is 31.3 Å². The molecule has 0 fully saturated rings. The Morgan fingerprint density at radius 1 is 1.15 bits per heavy atom. The van der Waals surface area contributed by atoms with Crippen molar-refractivity contribution in [3.05, 3.63) is 21.7 Å². The average Bonchev–Trinajstić information content (AvgIpc) is 2.81. The van der Waals surface area contributed by atoms with E-state index in [1.807, 2.05) is 0 Å². The molecule has 1 N–H and O–H groups in total. The van der Waals surface area contributed by atoms with E-state index in [0.717, 1.165) is 11.7 Å². The molecule has 10 nitrogen and oxygen atoms in total. The average molecular weight is 372 g/mol. The largest absolute Gasteiger partial charge is 0.464 e. The predicted octanol–water partition coefficient (Wildman–Crippen LogP) is -0.103. The standard InChI is InChI=1S/C16H24N2O8/c1-6-24-14(21)16(17-11(4)19,15(22)25-7-2)8-12-10(3)26-18(9-23-5)13(12)20/h6-9H2,1-5H3,(H,17,19). The molecule has 0 unspecified atom stereocenters. The minimum Gasteiger partial charge on any atom is -0.464 e. The summed E-state index contributed by atoms with van der Waals surface area (Å²) in [6, 6.07) is 0. The first-order chi connectivity index (χ1) is 12.2. The number of rotatable bonds is 9. The lowest BCUT2D eigenvalue weighted by Crippen LogP contribution is -2.63. The van der Waals surface area contributed by atoms with E-state index in [2.05, 4.69) is 5.32 Å². The van der Waals surface area contributed by atoms with Crippen LogP contribution in [0.25, 0.3) is 0 Å². The Bertz CT molecular complexity index is 700. The summed E-state index contributed by atoms with van der Waals surface area (Å²) in [5.41, 5.74) is -2.76. The molecule has 0 saturated heterocycles. The smallest absolute Gasteiger partial charge is 0.344 e. The van der Waals surface area contributed by atoms with Crippen LogP contribution in [-0.4, -0.2) is 48.4 Å². The summed E-state index contributed by atoms with van der Waals surface area (Å²) in [7, 11) is 1.38. The fraction of sp³-hybridized carbons (Fsp3) is 0.625. The van der Waals surface area contributed by atoms with Gasteiger partial charge in [0.1, 0.15) is 5.76 Å². The number of hydrogen-bond acceptors (Lipinski definition) is 8. The van der Waals surface area contributed by atoms with Gasteiger partial charge in [-0.15, -0.1) is 4.74 Å². The van der Waals surface area contributed by atoms with Crippen LogP contribution < -0.4 is 10.9 Å². The van der Waals surface area contributed by atoms with Crippen LogP contribution >= 0.6 is 0 Å². The molecule has 146 valence electrons. The molecule has 0 radical (unpaired) electrons. The van der Waals surface area contributed by atoms with Crippen molar-refractivity contribution in [3.63, 3.8) is 0 Å². The highest BCUT2D eigenvalue weighted by molar-refractivity contribution is 6.08. The number of hydrogen-bond donors (Lipinski definition) is 1. The molecule has 0 atom stereocenters. The van der Waals surface area contributed by atoms with Gasteiger partial charge in [0.25, 0.3) is 5.56 Å². The van der Waals surface area contributed by atoms with Gasteiger partial charge >= 0.3 is 11.9 Å². The highest BCUT2D eigenvalue weighted by atomic mass is 16.6. The minimum atomic E-state index is -2.20. The summed E-state index contributed by atoms with van der Waals surface area (Å²) < 4.78 is 21.0. The van der Waals surface area contributed by atoms with Gasteiger partial charge in [-0.3, -0.25) is 9.59 Å². The van der Waals surface area contributed by atoms with Gasteiger partial charge < -0.3 is 24.1 Å². The summed E-state index contributed by atoms with van der Waals surface area (Å²) in [4.78, 5) is 49.3. The molecule has 0 saturated carbocycles. The first-order valence-corrected chi connectivity index (χ1v) is 8.05. The van der Waals surface area contributed by atoms with Crippen molar-refractivity contribution in [1.82, 2.24) is 10.1 Å². The Hall–Kier alpha value is -2.62. The van der Waals surface area contributed by atoms with Crippen molar-refractivity contribution < 1.29 is 33.1 Å². The summed E-state index contributed by atoms with van der Waals surface area (Å²) in [6.45, 7) is 5.53. The van der Waals surface area contributed by atoms with Crippen molar-refractivity contribution in [2.75, 3.05) is 20.3 Å². The monoisotopic (exact) mass is 372 g/mol. The number of nitrogens with one attached hydrogen (secondary N) is 1. The maximum Gasteiger partial charge on any atom is 0.344 e. The first kappa shape index (κ1) is 21.4. The molecule has 1 rings (SSSR count). The second-order valence-electron chi connectivity index (χ2n) is 5.43. The van der Waals surface area contributed by atoms with Crippen LogP contribution in [0.1, 0.15) is 32.1 Å². The first-order valence-electron chi connectivity index (χ1n) is 8.05. The molecule has 0 aromatic carbocycles. The number of carbonyl (C=O) groups is 3. The van der Waals surface area contributed by atoms with Gasteiger partial charge in [0.05, 0.1) is 18.8 Å². The molecular formula is C16H24N2O8. The third-order valence-corrected chi connectivity index (χ3v) is 3.48. The van der Waals surface area contributed by atoms with Gasteiger partial charge in [0.15, 0.2) is 6.73 Å². The van der Waals surface area contributed by atoms with E-state index in [1.165, 1.54) is 14.0 Å². The fourth-order valence-electron chi connectivity index (χ4n) is 2.41. The van der Waals surface area contributed by atoms with Crippen molar-refractivity contribution >= 4 is 17.8 Å². The Morgan fingerprint density at radius 3 is 2.12 bits per heavy atom. The van der Waals surface area contributed by atoms with Gasteiger partial charge in [-0.25, -0.2) is 9.59 Å². The van der Waals surface area contributed by atoms with Gasteiger partial charge in [-0.05, 0) is 20.8 Å². The number of nitrogens with zero attached hydrogens (tertiary/aromatic N) is 1. The second-order valence-corrected chi connectivity index (χ2v) is 5.43. The normalized spacial score (nSPS) is 11.1. The molecule has 10 heteroatoms. The maximum atomic E-state index is 12.6. The molecule has 0 aliphatic heterocycles. The quantitative estimate of drug-likeness (QED) is 0.470. The van der Waals surface area contributed by atoms with Crippen LogP contribution in [-0.2, 0) is 41.7 Å². The van der Waals surface area contributed by atoms with Crippen molar-refractivity contribution in [3.8, 4) is 0 Å². The Kier molecular flexibility index (Phi) is 7.56. The SMILES string of the molecule is CCOC(=O)C(Cc1c(C)on(COC)c1=O)(NC(C)=O)C(=O)OCC. The number of aromatic nitrogens is 1. The van der Waals surface area contributed by atoms with E-state index >= 15 is 0 Å². The third-order valence-electron chi connectivity index (χ3n) is 3.48. The lowest BCUT2D eigenvalue weighted by molar-refractivity contribution is -0.168. The highest BCUT2D eigenvalue weighted by Gasteiger charge is 2.51. The zero-order valence-corrected chi connectivity index (χ0v) is 15.5. The maximum absolute atomic E-state index is 12.6. The number of ether oxygens (including phenoxy) is 3. The third kappa shape index (κ3) is 4.51. The predicted molar refractivity (Wildman–Crippen MR) is 88.2 cm³/mol. The molecule has 1 aromatic rings. The molecule has 1 aromatic heterocycles. The molecule has 1 amide bonds. The van der Waals surface area contributed by atoms with Crippen LogP contribution in [0.3, 0.4) is 0 Å². The van der Waals surface area contributed by atoms with E-state index in [4.69, 9.17) is 18.7 Å². The lowest BCUT2D eigenvalue weighted by Gasteiger charge is -2.29. The number of aryl methyl sites for hydroxylation is 1. The summed E-state index contributed by atoms with van der Waals surface area (Å²) >= 11 is 0. The summed E-state index contributed by atoms with van der Waals surface area (Å²) in [5, 5.41) is 2.30. The summed E-state index contributed by atoms with van der Waals surface area (Å²) in [6.07, 6.45) is -0.477. The molecule has 0 aliphatic rings. The van der Waals surface area contributed by atoms with E-state index in [1.54, 1.807) is 13.8 Å². The number of carbonyl (C=O) groups excluding carboxylic acids is 3. The van der Waals surface area contributed by atoms with E-state index < -0.39 is 35.4 Å². The van der Waals surface area contributed by atoms with Gasteiger partial charge in [0.2, 0.25) is 11.4 Å². The van der Waals surface area contributed by atoms with E-state index in [0.29, 0.717) is 0 Å². The molecule has 0 bridgehead atoms. The zero-order valence-electron chi connectivity index (χ0n) is 15.5. The van der Waals surface area contributed by atoms with Crippen LogP contribution in [0.15, 0.2) is 9.32 Å².